The summed E-state index contributed by atoms with van der Waals surface area (Å²) in [6, 6.07) is 0. The van der Waals surface area contributed by atoms with Crippen LogP contribution < -0.4 is 21.2 Å². The van der Waals surface area contributed by atoms with Gasteiger partial charge >= 0.3 is 61.2 Å². The van der Waals surface area contributed by atoms with Gasteiger partial charge in [0.2, 0.25) is 0 Å². The number of halogens is 1. The predicted octanol–water partition coefficient (Wildman–Crippen LogP) is -1.50. The van der Waals surface area contributed by atoms with Crippen molar-refractivity contribution >= 4 is 0 Å². The number of rotatable bonds is 1. The molecule has 1 saturated heterocycles. The van der Waals surface area contributed by atoms with Crippen LogP contribution in [0.3, 0.4) is 0 Å². The predicted molar refractivity (Wildman–Crippen MR) is 30.5 cm³/mol. The third-order valence-corrected chi connectivity index (χ3v) is 5.17. The van der Waals surface area contributed by atoms with Gasteiger partial charge in [-0.1, -0.05) is 0 Å². The molecule has 48 valence electrons. The fourth-order valence-corrected chi connectivity index (χ4v) is 3.88. The zero-order valence-corrected chi connectivity index (χ0v) is 7.39. The van der Waals surface area contributed by atoms with E-state index in [4.69, 9.17) is 0 Å². The van der Waals surface area contributed by atoms with E-state index in [1.54, 1.807) is 17.3 Å². The van der Waals surface area contributed by atoms with Crippen LogP contribution in [0.15, 0.2) is 0 Å². The first-order valence-electron chi connectivity index (χ1n) is 3.44. The molecular formula is C7H12I-. The van der Waals surface area contributed by atoms with Gasteiger partial charge in [-0.2, -0.15) is 0 Å². The molecule has 2 rings (SSSR count). The monoisotopic (exact) mass is 223 g/mol. The van der Waals surface area contributed by atoms with E-state index in [2.05, 4.69) is 6.92 Å². The van der Waals surface area contributed by atoms with Crippen molar-refractivity contribution in [2.75, 3.05) is 4.43 Å². The van der Waals surface area contributed by atoms with Crippen molar-refractivity contribution in [3.05, 3.63) is 0 Å². The Morgan fingerprint density at radius 1 is 1.38 bits per heavy atom. The normalized spacial score (nSPS) is 53.9. The van der Waals surface area contributed by atoms with Gasteiger partial charge in [-0.3, -0.25) is 0 Å². The van der Waals surface area contributed by atoms with Crippen molar-refractivity contribution < 1.29 is 21.2 Å². The SMILES string of the molecule is CC1CC(C2C[I-]2)C1. The van der Waals surface area contributed by atoms with Crippen LogP contribution in [0, 0.1) is 11.8 Å². The Kier molecular flexibility index (Phi) is 1.28. The van der Waals surface area contributed by atoms with Gasteiger partial charge in [-0.05, 0) is 0 Å². The molecule has 1 aliphatic heterocycles. The molecule has 2 fully saturated rings. The molecule has 0 aromatic carbocycles. The van der Waals surface area contributed by atoms with Crippen LogP contribution in [0.5, 0.6) is 0 Å². The van der Waals surface area contributed by atoms with Crippen molar-refractivity contribution in [1.82, 2.24) is 0 Å². The quantitative estimate of drug-likeness (QED) is 0.375. The van der Waals surface area contributed by atoms with Gasteiger partial charge < -0.3 is 0 Å². The van der Waals surface area contributed by atoms with Crippen molar-refractivity contribution in [2.45, 2.75) is 23.7 Å². The summed E-state index contributed by atoms with van der Waals surface area (Å²) in [5.41, 5.74) is 0. The summed E-state index contributed by atoms with van der Waals surface area (Å²) in [6.45, 7) is 2.39. The molecule has 0 bridgehead atoms. The van der Waals surface area contributed by atoms with Crippen molar-refractivity contribution in [3.63, 3.8) is 0 Å². The van der Waals surface area contributed by atoms with Crippen LogP contribution in [0.4, 0.5) is 0 Å². The third kappa shape index (κ3) is 0.893. The molecule has 1 unspecified atom stereocenters. The second-order valence-corrected chi connectivity index (χ2v) is 6.52. The molecule has 0 nitrogen and oxygen atoms in total. The van der Waals surface area contributed by atoms with Gasteiger partial charge in [-0.15, -0.1) is 0 Å². The number of hydrogen-bond acceptors (Lipinski definition) is 0. The Balaban J connectivity index is 1.78. The zero-order valence-electron chi connectivity index (χ0n) is 5.23. The Hall–Kier alpha value is 0.730. The average Bonchev–Trinajstić information content (AvgIpc) is 2.37. The minimum absolute atomic E-state index is 0.759. The molecule has 8 heavy (non-hydrogen) atoms. The first-order chi connectivity index (χ1) is 3.86. The third-order valence-electron chi connectivity index (χ3n) is 2.25. The van der Waals surface area contributed by atoms with Crippen LogP contribution in [0.2, 0.25) is 0 Å². The van der Waals surface area contributed by atoms with Crippen molar-refractivity contribution in [3.8, 4) is 0 Å². The second kappa shape index (κ2) is 1.86. The molecule has 0 radical (unpaired) electrons. The Bertz CT molecular complexity index is 90.6. The summed E-state index contributed by atoms with van der Waals surface area (Å²) in [4.78, 5) is 0. The molecule has 0 spiro atoms. The molecule has 2 aliphatic rings. The van der Waals surface area contributed by atoms with Crippen LogP contribution in [-0.4, -0.2) is 8.35 Å². The van der Waals surface area contributed by atoms with E-state index in [1.165, 1.54) is 9.84 Å². The zero-order chi connectivity index (χ0) is 5.56. The van der Waals surface area contributed by atoms with E-state index in [-0.39, 0.29) is 0 Å². The van der Waals surface area contributed by atoms with Gasteiger partial charge in [0.15, 0.2) is 0 Å². The summed E-state index contributed by atoms with van der Waals surface area (Å²) in [7, 11) is 0. The molecule has 0 aromatic rings. The number of hydrogen-bond donors (Lipinski definition) is 0. The summed E-state index contributed by atoms with van der Waals surface area (Å²) < 4.78 is 2.96. The first-order valence-corrected chi connectivity index (χ1v) is 6.21. The number of alkyl halides is 2. The molecule has 0 aromatic heterocycles. The van der Waals surface area contributed by atoms with Crippen LogP contribution in [-0.2, 0) is 0 Å². The molecule has 1 heterocycles. The first kappa shape index (κ1) is 5.51. The molecule has 1 atom stereocenters. The Morgan fingerprint density at radius 3 is 2.38 bits per heavy atom. The van der Waals surface area contributed by atoms with E-state index in [0.29, 0.717) is 0 Å². The molecule has 0 N–H and O–H groups in total. The van der Waals surface area contributed by atoms with E-state index in [1.807, 2.05) is 0 Å². The van der Waals surface area contributed by atoms with Crippen LogP contribution >= 0.6 is 0 Å². The Morgan fingerprint density at radius 2 is 2.00 bits per heavy atom. The van der Waals surface area contributed by atoms with Gasteiger partial charge in [0, 0.05) is 0 Å². The second-order valence-electron chi connectivity index (χ2n) is 3.16. The maximum atomic E-state index is 2.39. The minimum atomic E-state index is 0.759. The van der Waals surface area contributed by atoms with Crippen molar-refractivity contribution in [1.29, 1.82) is 0 Å². The summed E-state index contributed by atoms with van der Waals surface area (Å²) in [5, 5.41) is 0. The van der Waals surface area contributed by atoms with Crippen LogP contribution in [0.25, 0.3) is 0 Å². The van der Waals surface area contributed by atoms with Gasteiger partial charge in [-0.25, -0.2) is 0 Å². The fourth-order valence-electron chi connectivity index (χ4n) is 1.56. The maximum absolute atomic E-state index is 2.39. The molecular weight excluding hydrogens is 211 g/mol. The van der Waals surface area contributed by atoms with E-state index >= 15 is 0 Å². The average molecular weight is 223 g/mol. The molecule has 1 saturated carbocycles. The van der Waals surface area contributed by atoms with E-state index in [9.17, 15) is 0 Å². The van der Waals surface area contributed by atoms with Gasteiger partial charge in [0.05, 0.1) is 0 Å². The standard InChI is InChI=1S/C7H12I/c1-5-2-6(3-5)7-4-8-7/h5-7H,2-4H2,1H3/q-1. The summed E-state index contributed by atoms with van der Waals surface area (Å²) >= 11 is 0.759. The van der Waals surface area contributed by atoms with Gasteiger partial charge in [0.25, 0.3) is 0 Å². The summed E-state index contributed by atoms with van der Waals surface area (Å²) in [5.74, 6) is 2.31. The van der Waals surface area contributed by atoms with Crippen LogP contribution in [0.1, 0.15) is 19.8 Å². The fraction of sp³-hybridized carbons (Fsp3) is 1.00. The van der Waals surface area contributed by atoms with E-state index in [0.717, 1.165) is 27.1 Å². The van der Waals surface area contributed by atoms with Crippen molar-refractivity contribution in [2.24, 2.45) is 11.8 Å². The molecule has 1 aliphatic carbocycles. The Labute approximate surface area is 61.3 Å². The van der Waals surface area contributed by atoms with E-state index < -0.39 is 0 Å². The topological polar surface area (TPSA) is 0 Å². The van der Waals surface area contributed by atoms with Gasteiger partial charge in [0.1, 0.15) is 0 Å². The molecule has 0 amide bonds. The molecule has 1 heteroatoms. The summed E-state index contributed by atoms with van der Waals surface area (Å²) in [6.07, 6.45) is 3.15.